The highest BCUT2D eigenvalue weighted by Gasteiger charge is 2.39. The van der Waals surface area contributed by atoms with Crippen molar-refractivity contribution in [1.82, 2.24) is 0 Å². The van der Waals surface area contributed by atoms with Crippen molar-refractivity contribution in [3.05, 3.63) is 16.5 Å². The Hall–Kier alpha value is -1.45. The van der Waals surface area contributed by atoms with E-state index in [1.807, 2.05) is 0 Å². The van der Waals surface area contributed by atoms with Gasteiger partial charge in [-0.1, -0.05) is 0 Å². The Morgan fingerprint density at radius 3 is 2.70 bits per heavy atom. The topological polar surface area (TPSA) is 107 Å². The number of carbonyl (C=O) groups excluding carboxylic acids is 2. The molecule has 2 heterocycles. The summed E-state index contributed by atoms with van der Waals surface area (Å²) in [5.74, 6) is -0.924. The van der Waals surface area contributed by atoms with Crippen molar-refractivity contribution in [3.8, 4) is 0 Å². The van der Waals surface area contributed by atoms with Gasteiger partial charge < -0.3 is 9.64 Å². The van der Waals surface area contributed by atoms with Gasteiger partial charge in [-0.05, 0) is 13.0 Å². The maximum absolute atomic E-state index is 12.0. The Bertz CT molecular complexity index is 664. The second-order valence-corrected chi connectivity index (χ2v) is 7.57. The number of nitrogens with zero attached hydrogens (tertiary/aromatic N) is 1. The molecule has 2 rings (SSSR count). The van der Waals surface area contributed by atoms with Gasteiger partial charge in [0, 0.05) is 17.8 Å². The third kappa shape index (κ3) is 2.69. The summed E-state index contributed by atoms with van der Waals surface area (Å²) in [7, 11) is -2.53. The average molecular weight is 318 g/mol. The van der Waals surface area contributed by atoms with Gasteiger partial charge in [0.25, 0.3) is 0 Å². The third-order valence-electron chi connectivity index (χ3n) is 3.04. The molecular formula is C11H14N2O5S2. The first-order valence-corrected chi connectivity index (χ1v) is 8.17. The molecular weight excluding hydrogens is 304 g/mol. The lowest BCUT2D eigenvalue weighted by Crippen LogP contribution is -2.32. The maximum atomic E-state index is 12.0. The van der Waals surface area contributed by atoms with E-state index < -0.39 is 21.2 Å². The molecule has 1 amide bonds. The molecule has 0 aliphatic carbocycles. The van der Waals surface area contributed by atoms with E-state index in [1.165, 1.54) is 23.3 Å². The highest BCUT2D eigenvalue weighted by atomic mass is 32.2. The van der Waals surface area contributed by atoms with Crippen LogP contribution in [0.15, 0.2) is 6.07 Å². The summed E-state index contributed by atoms with van der Waals surface area (Å²) in [5.41, 5.74) is 0.262. The quantitative estimate of drug-likeness (QED) is 0.803. The number of esters is 1. The van der Waals surface area contributed by atoms with Crippen LogP contribution in [-0.2, 0) is 19.6 Å². The Kier molecular flexibility index (Phi) is 3.85. The normalized spacial score (nSPS) is 19.4. The summed E-state index contributed by atoms with van der Waals surface area (Å²) in [6.45, 7) is 1.75. The molecule has 1 aliphatic rings. The molecule has 20 heavy (non-hydrogen) atoms. The molecule has 0 saturated carbocycles. The lowest BCUT2D eigenvalue weighted by atomic mass is 10.3. The van der Waals surface area contributed by atoms with Gasteiger partial charge in [0.2, 0.25) is 15.9 Å². The van der Waals surface area contributed by atoms with Crippen molar-refractivity contribution in [3.63, 3.8) is 0 Å². The first-order valence-electron chi connectivity index (χ1n) is 5.74. The number of ether oxygens (including phenoxy) is 1. The molecule has 1 aliphatic heterocycles. The van der Waals surface area contributed by atoms with Gasteiger partial charge in [0.15, 0.2) is 0 Å². The van der Waals surface area contributed by atoms with Crippen molar-refractivity contribution < 1.29 is 22.7 Å². The van der Waals surface area contributed by atoms with E-state index >= 15 is 0 Å². The third-order valence-corrected chi connectivity index (χ3v) is 5.36. The summed E-state index contributed by atoms with van der Waals surface area (Å²) in [5, 5.41) is 4.54. The highest BCUT2D eigenvalue weighted by molar-refractivity contribution is 7.89. The zero-order valence-electron chi connectivity index (χ0n) is 11.0. The monoisotopic (exact) mass is 318 g/mol. The number of hydrogen-bond donors (Lipinski definition) is 1. The number of hydrogen-bond acceptors (Lipinski definition) is 6. The van der Waals surface area contributed by atoms with Crippen LogP contribution < -0.4 is 10.0 Å². The fourth-order valence-electron chi connectivity index (χ4n) is 2.05. The van der Waals surface area contributed by atoms with E-state index in [0.717, 1.165) is 4.88 Å². The van der Waals surface area contributed by atoms with E-state index in [2.05, 4.69) is 4.74 Å². The summed E-state index contributed by atoms with van der Waals surface area (Å²) in [6.07, 6.45) is -0.170. The Morgan fingerprint density at radius 1 is 1.55 bits per heavy atom. The number of carbonyl (C=O) groups is 2. The molecule has 110 valence electrons. The van der Waals surface area contributed by atoms with E-state index in [0.29, 0.717) is 5.00 Å². The van der Waals surface area contributed by atoms with Crippen molar-refractivity contribution in [1.29, 1.82) is 0 Å². The van der Waals surface area contributed by atoms with E-state index in [9.17, 15) is 18.0 Å². The number of sulfonamides is 1. The number of rotatable bonds is 3. The fourth-order valence-corrected chi connectivity index (χ4v) is 3.80. The molecule has 1 saturated heterocycles. The molecule has 0 bridgehead atoms. The molecule has 2 N–H and O–H groups in total. The number of methoxy groups -OCH3 is 1. The first kappa shape index (κ1) is 14.9. The molecule has 1 aromatic rings. The molecule has 9 heteroatoms. The maximum Gasteiger partial charge on any atom is 0.340 e. The van der Waals surface area contributed by atoms with E-state index in [-0.39, 0.29) is 24.4 Å². The highest BCUT2D eigenvalue weighted by Crippen LogP contribution is 2.35. The van der Waals surface area contributed by atoms with Crippen LogP contribution in [-0.4, -0.2) is 39.2 Å². The molecule has 0 spiro atoms. The second kappa shape index (κ2) is 5.15. The average Bonchev–Trinajstić information content (AvgIpc) is 2.90. The standard InChI is InChI=1S/C11H14N2O5S2/c1-6-3-8(11(15)18-2)10(19-6)13-5-7(4-9(13)14)20(12,16)17/h3,7H,4-5H2,1-2H3,(H2,12,16,17). The van der Waals surface area contributed by atoms with Crippen molar-refractivity contribution in [2.24, 2.45) is 5.14 Å². The number of thiophene rings is 1. The van der Waals surface area contributed by atoms with Crippen LogP contribution in [0, 0.1) is 6.92 Å². The lowest BCUT2D eigenvalue weighted by Gasteiger charge is -2.15. The van der Waals surface area contributed by atoms with Crippen LogP contribution in [0.5, 0.6) is 0 Å². The summed E-state index contributed by atoms with van der Waals surface area (Å²) in [6, 6.07) is 1.61. The van der Waals surface area contributed by atoms with E-state index in [4.69, 9.17) is 5.14 Å². The van der Waals surface area contributed by atoms with Crippen LogP contribution in [0.4, 0.5) is 5.00 Å². The molecule has 0 radical (unpaired) electrons. The Morgan fingerprint density at radius 2 is 2.20 bits per heavy atom. The van der Waals surface area contributed by atoms with Crippen LogP contribution in [0.3, 0.4) is 0 Å². The van der Waals surface area contributed by atoms with Crippen molar-refractivity contribution in [2.75, 3.05) is 18.6 Å². The van der Waals surface area contributed by atoms with Crippen LogP contribution >= 0.6 is 11.3 Å². The summed E-state index contributed by atoms with van der Waals surface area (Å²) in [4.78, 5) is 25.8. The van der Waals surface area contributed by atoms with Crippen LogP contribution in [0.25, 0.3) is 0 Å². The number of primary sulfonamides is 1. The zero-order chi connectivity index (χ0) is 15.1. The minimum absolute atomic E-state index is 0.0401. The predicted molar refractivity (Wildman–Crippen MR) is 74.3 cm³/mol. The van der Waals surface area contributed by atoms with Gasteiger partial charge >= 0.3 is 5.97 Å². The molecule has 0 aromatic carbocycles. The molecule has 1 fully saturated rings. The van der Waals surface area contributed by atoms with E-state index in [1.54, 1.807) is 13.0 Å². The van der Waals surface area contributed by atoms with Gasteiger partial charge in [-0.3, -0.25) is 4.79 Å². The smallest absolute Gasteiger partial charge is 0.340 e. The summed E-state index contributed by atoms with van der Waals surface area (Å²) < 4.78 is 27.4. The molecule has 1 aromatic heterocycles. The van der Waals surface area contributed by atoms with Gasteiger partial charge in [0.1, 0.15) is 10.3 Å². The first-order chi connectivity index (χ1) is 9.24. The summed E-state index contributed by atoms with van der Waals surface area (Å²) >= 11 is 1.24. The van der Waals surface area contributed by atoms with Gasteiger partial charge in [0.05, 0.1) is 12.7 Å². The second-order valence-electron chi connectivity index (χ2n) is 4.49. The SMILES string of the molecule is COC(=O)c1cc(C)sc1N1CC(S(N)(=O)=O)CC1=O. The zero-order valence-corrected chi connectivity index (χ0v) is 12.6. The molecule has 7 nitrogen and oxygen atoms in total. The Labute approximate surface area is 120 Å². The van der Waals surface area contributed by atoms with Gasteiger partial charge in [-0.2, -0.15) is 0 Å². The number of nitrogens with two attached hydrogens (primary N) is 1. The van der Waals surface area contributed by atoms with Crippen molar-refractivity contribution in [2.45, 2.75) is 18.6 Å². The van der Waals surface area contributed by atoms with Crippen molar-refractivity contribution >= 4 is 38.2 Å². The minimum atomic E-state index is -3.78. The lowest BCUT2D eigenvalue weighted by molar-refractivity contribution is -0.117. The fraction of sp³-hybridized carbons (Fsp3) is 0.455. The molecule has 1 atom stereocenters. The van der Waals surface area contributed by atoms with Crippen LogP contribution in [0.1, 0.15) is 21.7 Å². The van der Waals surface area contributed by atoms with Crippen LogP contribution in [0.2, 0.25) is 0 Å². The number of aryl methyl sites for hydroxylation is 1. The van der Waals surface area contributed by atoms with Gasteiger partial charge in [-0.15, -0.1) is 11.3 Å². The number of anilines is 1. The molecule has 1 unspecified atom stereocenters. The van der Waals surface area contributed by atoms with Gasteiger partial charge in [-0.25, -0.2) is 18.4 Å². The number of amides is 1. The predicted octanol–water partition coefficient (Wildman–Crippen LogP) is 0.237. The minimum Gasteiger partial charge on any atom is -0.465 e. The largest absolute Gasteiger partial charge is 0.465 e. The Balaban J connectivity index is 2.38.